The molecular weight excluding hydrogens is 515 g/mol. The van der Waals surface area contributed by atoms with Crippen LogP contribution in [0.3, 0.4) is 0 Å². The van der Waals surface area contributed by atoms with Crippen molar-refractivity contribution in [3.8, 4) is 6.07 Å². The van der Waals surface area contributed by atoms with Gasteiger partial charge in [-0.15, -0.1) is 0 Å². The van der Waals surface area contributed by atoms with Gasteiger partial charge < -0.3 is 9.47 Å². The quantitative estimate of drug-likeness (QED) is 0.303. The number of amides is 1. The number of rotatable bonds is 4. The number of hydrogen-bond donors (Lipinski definition) is 0. The van der Waals surface area contributed by atoms with E-state index in [9.17, 15) is 19.2 Å². The Morgan fingerprint density at radius 3 is 2.32 bits per heavy atom. The SMILES string of the molecule is N#CC1=C(n2cccc2)N(c2ccccc2)C2=C(C(=O)CCC2)C12C(=O)N(Cc1ccccc1F)c1ccccc12. The summed E-state index contributed by atoms with van der Waals surface area (Å²) in [4.78, 5) is 32.5. The number of para-hydroxylation sites is 2. The number of ketones is 1. The average molecular weight is 541 g/mol. The van der Waals surface area contributed by atoms with Gasteiger partial charge in [-0.05, 0) is 49.2 Å². The molecule has 7 rings (SSSR count). The second kappa shape index (κ2) is 9.46. The summed E-state index contributed by atoms with van der Waals surface area (Å²) in [5, 5.41) is 11.0. The zero-order valence-corrected chi connectivity index (χ0v) is 22.1. The van der Waals surface area contributed by atoms with Crippen LogP contribution < -0.4 is 9.80 Å². The van der Waals surface area contributed by atoms with Crippen molar-refractivity contribution in [1.82, 2.24) is 4.57 Å². The Labute approximate surface area is 236 Å². The van der Waals surface area contributed by atoms with Gasteiger partial charge in [-0.2, -0.15) is 5.26 Å². The van der Waals surface area contributed by atoms with Gasteiger partial charge in [-0.3, -0.25) is 14.5 Å². The van der Waals surface area contributed by atoms with Crippen molar-refractivity contribution >= 4 is 28.9 Å². The molecule has 3 aromatic carbocycles. The summed E-state index contributed by atoms with van der Waals surface area (Å²) >= 11 is 0. The molecule has 0 fully saturated rings. The van der Waals surface area contributed by atoms with Crippen LogP contribution in [0.15, 0.2) is 120 Å². The van der Waals surface area contributed by atoms with Gasteiger partial charge in [0.25, 0.3) is 0 Å². The minimum atomic E-state index is -1.66. The number of nitriles is 1. The molecule has 1 atom stereocenters. The van der Waals surface area contributed by atoms with Gasteiger partial charge >= 0.3 is 0 Å². The fourth-order valence-electron chi connectivity index (χ4n) is 6.61. The van der Waals surface area contributed by atoms with Crippen LogP contribution >= 0.6 is 0 Å². The van der Waals surface area contributed by atoms with Gasteiger partial charge in [0, 0.05) is 52.6 Å². The van der Waals surface area contributed by atoms with E-state index in [1.807, 2.05) is 88.6 Å². The third-order valence-electron chi connectivity index (χ3n) is 8.27. The second-order valence-corrected chi connectivity index (χ2v) is 10.4. The Balaban J connectivity index is 1.57. The van der Waals surface area contributed by atoms with E-state index in [1.165, 1.54) is 11.0 Å². The highest BCUT2D eigenvalue weighted by Gasteiger charge is 2.62. The first kappa shape index (κ1) is 24.8. The van der Waals surface area contributed by atoms with Crippen molar-refractivity contribution < 1.29 is 14.0 Å². The molecule has 0 saturated heterocycles. The smallest absolute Gasteiger partial charge is 0.248 e. The number of halogens is 1. The van der Waals surface area contributed by atoms with Crippen LogP contribution in [-0.2, 0) is 21.5 Å². The first-order chi connectivity index (χ1) is 20.1. The predicted molar refractivity (Wildman–Crippen MR) is 154 cm³/mol. The Kier molecular flexibility index (Phi) is 5.72. The van der Waals surface area contributed by atoms with Gasteiger partial charge in [0.05, 0.1) is 12.1 Å². The lowest BCUT2D eigenvalue weighted by molar-refractivity contribution is -0.124. The number of hydrogen-bond acceptors (Lipinski definition) is 4. The van der Waals surface area contributed by atoms with Crippen molar-refractivity contribution in [2.75, 3.05) is 9.80 Å². The number of nitrogens with zero attached hydrogens (tertiary/aromatic N) is 4. The van der Waals surface area contributed by atoms with Crippen LogP contribution in [0.4, 0.5) is 15.8 Å². The molecular formula is C34H25FN4O2. The molecule has 0 saturated carbocycles. The summed E-state index contributed by atoms with van der Waals surface area (Å²) in [6.07, 6.45) is 5.16. The van der Waals surface area contributed by atoms with Gasteiger partial charge in [-0.25, -0.2) is 4.39 Å². The maximum absolute atomic E-state index is 15.0. The molecule has 1 spiro atoms. The molecule has 4 aromatic rings. The molecule has 1 aromatic heterocycles. The minimum Gasteiger partial charge on any atom is -0.309 e. The number of allylic oxidation sites excluding steroid dienone is 1. The molecule has 1 aliphatic carbocycles. The highest BCUT2D eigenvalue weighted by atomic mass is 19.1. The molecule has 41 heavy (non-hydrogen) atoms. The lowest BCUT2D eigenvalue weighted by Crippen LogP contribution is -2.51. The third kappa shape index (κ3) is 3.47. The van der Waals surface area contributed by atoms with Crippen LogP contribution in [0.2, 0.25) is 0 Å². The molecule has 0 N–H and O–H groups in total. The van der Waals surface area contributed by atoms with Gasteiger partial charge in [0.15, 0.2) is 5.78 Å². The van der Waals surface area contributed by atoms with Crippen LogP contribution in [0.5, 0.6) is 0 Å². The van der Waals surface area contributed by atoms with E-state index in [4.69, 9.17) is 0 Å². The number of benzene rings is 3. The molecule has 2 aliphatic heterocycles. The molecule has 200 valence electrons. The monoisotopic (exact) mass is 540 g/mol. The molecule has 1 amide bonds. The van der Waals surface area contributed by atoms with E-state index in [-0.39, 0.29) is 24.3 Å². The van der Waals surface area contributed by atoms with Crippen LogP contribution in [0.1, 0.15) is 30.4 Å². The van der Waals surface area contributed by atoms with E-state index < -0.39 is 17.1 Å². The van der Waals surface area contributed by atoms with E-state index in [0.717, 1.165) is 5.69 Å². The van der Waals surface area contributed by atoms with Gasteiger partial charge in [0.2, 0.25) is 5.91 Å². The van der Waals surface area contributed by atoms with Crippen molar-refractivity contribution in [3.63, 3.8) is 0 Å². The zero-order chi connectivity index (χ0) is 28.1. The average Bonchev–Trinajstić information content (AvgIpc) is 3.61. The van der Waals surface area contributed by atoms with Crippen molar-refractivity contribution in [1.29, 1.82) is 5.26 Å². The Morgan fingerprint density at radius 1 is 0.854 bits per heavy atom. The summed E-state index contributed by atoms with van der Waals surface area (Å²) < 4.78 is 16.7. The Morgan fingerprint density at radius 2 is 1.56 bits per heavy atom. The molecule has 0 bridgehead atoms. The van der Waals surface area contributed by atoms with Crippen molar-refractivity contribution in [2.24, 2.45) is 0 Å². The van der Waals surface area contributed by atoms with E-state index in [0.29, 0.717) is 46.7 Å². The molecule has 7 heteroatoms. The number of aromatic nitrogens is 1. The van der Waals surface area contributed by atoms with Gasteiger partial charge in [-0.1, -0.05) is 54.6 Å². The zero-order valence-electron chi connectivity index (χ0n) is 22.1. The van der Waals surface area contributed by atoms with Crippen LogP contribution in [0.25, 0.3) is 5.82 Å². The topological polar surface area (TPSA) is 69.3 Å². The first-order valence-corrected chi connectivity index (χ1v) is 13.6. The molecule has 6 nitrogen and oxygen atoms in total. The standard InChI is InChI=1S/C34H25FN4O2/c35-27-15-6-4-11-23(27)22-38-28-16-7-5-14-25(28)34(33(38)41)26(21-36)32(37-19-8-9-20-37)39(24-12-2-1-3-13-24)29-17-10-18-30(40)31(29)34/h1-9,11-16,19-20H,10,17-18,22H2. The number of carbonyl (C=O) groups excluding carboxylic acids is 2. The predicted octanol–water partition coefficient (Wildman–Crippen LogP) is 6.33. The Hall–Kier alpha value is -5.22. The second-order valence-electron chi connectivity index (χ2n) is 10.4. The molecule has 1 unspecified atom stereocenters. The van der Waals surface area contributed by atoms with Gasteiger partial charge in [0.1, 0.15) is 23.1 Å². The van der Waals surface area contributed by atoms with Crippen LogP contribution in [0, 0.1) is 17.1 Å². The Bertz CT molecular complexity index is 1820. The maximum Gasteiger partial charge on any atom is 0.248 e. The summed E-state index contributed by atoms with van der Waals surface area (Å²) in [5.41, 5.74) is 1.85. The first-order valence-electron chi connectivity index (χ1n) is 13.6. The number of anilines is 2. The van der Waals surface area contributed by atoms with E-state index in [2.05, 4.69) is 6.07 Å². The largest absolute Gasteiger partial charge is 0.309 e. The summed E-state index contributed by atoms with van der Waals surface area (Å²) in [5.74, 6) is -0.482. The highest BCUT2D eigenvalue weighted by Crippen LogP contribution is 2.58. The number of carbonyl (C=O) groups is 2. The fraction of sp³-hybridized carbons (Fsp3) is 0.147. The van der Waals surface area contributed by atoms with Crippen molar-refractivity contribution in [2.45, 2.75) is 31.2 Å². The van der Waals surface area contributed by atoms with Crippen LogP contribution in [-0.4, -0.2) is 16.3 Å². The molecule has 3 aliphatic rings. The highest BCUT2D eigenvalue weighted by molar-refractivity contribution is 6.22. The maximum atomic E-state index is 15.0. The van der Waals surface area contributed by atoms with E-state index in [1.54, 1.807) is 18.2 Å². The lowest BCUT2D eigenvalue weighted by Gasteiger charge is -2.45. The minimum absolute atomic E-state index is 0.0268. The summed E-state index contributed by atoms with van der Waals surface area (Å²) in [6.45, 7) is -0.0268. The third-order valence-corrected chi connectivity index (χ3v) is 8.27. The number of fused-ring (bicyclic) bond motifs is 3. The molecule has 3 heterocycles. The van der Waals surface area contributed by atoms with Crippen molar-refractivity contribution in [3.05, 3.63) is 137 Å². The number of Topliss-reactive ketones (excluding diaryl/α,β-unsaturated/α-hetero) is 1. The summed E-state index contributed by atoms with van der Waals surface area (Å²) in [7, 11) is 0. The molecule has 0 radical (unpaired) electrons. The lowest BCUT2D eigenvalue weighted by atomic mass is 9.63. The summed E-state index contributed by atoms with van der Waals surface area (Å²) in [6, 6.07) is 29.4. The normalized spacial score (nSPS) is 20.0. The van der Waals surface area contributed by atoms with E-state index >= 15 is 0 Å². The fourth-order valence-corrected chi connectivity index (χ4v) is 6.61.